The number of ether oxygens (including phenoxy) is 1. The molecule has 1 fully saturated rings. The van der Waals surface area contributed by atoms with Gasteiger partial charge in [0, 0.05) is 43.0 Å². The molecular formula is C30H33N3O5. The number of hydrogen-bond acceptors (Lipinski definition) is 5. The Kier molecular flexibility index (Phi) is 7.71. The second kappa shape index (κ2) is 11.0. The molecule has 0 bridgehead atoms. The van der Waals surface area contributed by atoms with Crippen molar-refractivity contribution in [3.05, 3.63) is 83.4 Å². The molecule has 3 aromatic rings. The van der Waals surface area contributed by atoms with Crippen molar-refractivity contribution >= 4 is 23.6 Å². The number of aromatic hydroxyl groups is 1. The largest absolute Gasteiger partial charge is 0.508 e. The van der Waals surface area contributed by atoms with Gasteiger partial charge < -0.3 is 25.0 Å². The minimum Gasteiger partial charge on any atom is -0.508 e. The van der Waals surface area contributed by atoms with Crippen molar-refractivity contribution in [3.8, 4) is 16.9 Å². The van der Waals surface area contributed by atoms with Crippen molar-refractivity contribution in [2.45, 2.75) is 33.3 Å². The lowest BCUT2D eigenvalue weighted by atomic mass is 10.0. The van der Waals surface area contributed by atoms with Gasteiger partial charge in [-0.3, -0.25) is 9.59 Å². The standard InChI is InChI=1S/C30H33N3O5/c1-20-6-5-7-25(16-20)31-27(35)24-17-23(18-26(34)19-24)21-8-10-22(11-9-21)28(36)32-12-14-33(15-13-32)29(37)38-30(2,3)4/h5-11,16-19,34H,12-15H2,1-4H3,(H,31,35). The van der Waals surface area contributed by atoms with Gasteiger partial charge in [-0.2, -0.15) is 0 Å². The number of piperazine rings is 1. The summed E-state index contributed by atoms with van der Waals surface area (Å²) in [7, 11) is 0. The minimum absolute atomic E-state index is 0.0279. The van der Waals surface area contributed by atoms with Crippen LogP contribution in [0.2, 0.25) is 0 Å². The van der Waals surface area contributed by atoms with Crippen molar-refractivity contribution in [3.63, 3.8) is 0 Å². The van der Waals surface area contributed by atoms with Gasteiger partial charge in [-0.25, -0.2) is 4.79 Å². The predicted octanol–water partition coefficient (Wildman–Crippen LogP) is 5.31. The molecule has 38 heavy (non-hydrogen) atoms. The Balaban J connectivity index is 1.41. The van der Waals surface area contributed by atoms with E-state index >= 15 is 0 Å². The molecule has 0 unspecified atom stereocenters. The molecule has 0 spiro atoms. The highest BCUT2D eigenvalue weighted by atomic mass is 16.6. The average Bonchev–Trinajstić information content (AvgIpc) is 2.87. The van der Waals surface area contributed by atoms with Crippen LogP contribution < -0.4 is 5.32 Å². The number of carbonyl (C=O) groups excluding carboxylic acids is 3. The maximum absolute atomic E-state index is 13.0. The maximum atomic E-state index is 13.0. The van der Waals surface area contributed by atoms with Crippen molar-refractivity contribution < 1.29 is 24.2 Å². The highest BCUT2D eigenvalue weighted by Gasteiger charge is 2.28. The summed E-state index contributed by atoms with van der Waals surface area (Å²) in [4.78, 5) is 41.5. The molecule has 8 heteroatoms. The molecule has 1 aliphatic rings. The van der Waals surface area contributed by atoms with Gasteiger partial charge >= 0.3 is 6.09 Å². The summed E-state index contributed by atoms with van der Waals surface area (Å²) in [5.41, 5.74) is 3.41. The summed E-state index contributed by atoms with van der Waals surface area (Å²) in [6, 6.07) is 19.2. The van der Waals surface area contributed by atoms with Gasteiger partial charge in [0.2, 0.25) is 0 Å². The number of phenols is 1. The van der Waals surface area contributed by atoms with Gasteiger partial charge in [-0.05, 0) is 86.8 Å². The molecule has 0 saturated carbocycles. The summed E-state index contributed by atoms with van der Waals surface area (Å²) in [5, 5.41) is 13.1. The van der Waals surface area contributed by atoms with Gasteiger partial charge in [-0.1, -0.05) is 24.3 Å². The summed E-state index contributed by atoms with van der Waals surface area (Å²) in [5.74, 6) is -0.473. The third kappa shape index (κ3) is 6.70. The van der Waals surface area contributed by atoms with Crippen LogP contribution in [0.4, 0.5) is 10.5 Å². The molecule has 3 aromatic carbocycles. The zero-order valence-corrected chi connectivity index (χ0v) is 22.2. The maximum Gasteiger partial charge on any atom is 0.410 e. The molecular weight excluding hydrogens is 482 g/mol. The first-order chi connectivity index (χ1) is 18.0. The number of nitrogens with zero attached hydrogens (tertiary/aromatic N) is 2. The first-order valence-corrected chi connectivity index (χ1v) is 12.6. The highest BCUT2D eigenvalue weighted by Crippen LogP contribution is 2.27. The molecule has 2 N–H and O–H groups in total. The number of rotatable bonds is 4. The van der Waals surface area contributed by atoms with E-state index in [0.717, 1.165) is 11.1 Å². The third-order valence-corrected chi connectivity index (χ3v) is 6.14. The number of aryl methyl sites for hydroxylation is 1. The Labute approximate surface area is 222 Å². The smallest absolute Gasteiger partial charge is 0.410 e. The van der Waals surface area contributed by atoms with Crippen LogP contribution in [0.5, 0.6) is 5.75 Å². The molecule has 4 rings (SSSR count). The van der Waals surface area contributed by atoms with Crippen molar-refractivity contribution in [1.29, 1.82) is 0 Å². The SMILES string of the molecule is Cc1cccc(NC(=O)c2cc(O)cc(-c3ccc(C(=O)N4CCN(C(=O)OC(C)(C)C)CC4)cc3)c2)c1. The highest BCUT2D eigenvalue weighted by molar-refractivity contribution is 6.05. The number of phenolic OH excluding ortho intramolecular Hbond substituents is 1. The van der Waals surface area contributed by atoms with Gasteiger partial charge in [0.25, 0.3) is 11.8 Å². The Hall–Kier alpha value is -4.33. The molecule has 1 aliphatic heterocycles. The fourth-order valence-electron chi connectivity index (χ4n) is 4.24. The molecule has 1 saturated heterocycles. The summed E-state index contributed by atoms with van der Waals surface area (Å²) < 4.78 is 5.42. The Morgan fingerprint density at radius 2 is 1.47 bits per heavy atom. The van der Waals surface area contributed by atoms with E-state index in [1.807, 2.05) is 52.0 Å². The lowest BCUT2D eigenvalue weighted by molar-refractivity contribution is 0.0141. The van der Waals surface area contributed by atoms with E-state index in [2.05, 4.69) is 5.32 Å². The molecule has 1 heterocycles. The lowest BCUT2D eigenvalue weighted by Gasteiger charge is -2.35. The van der Waals surface area contributed by atoms with Crippen molar-refractivity contribution in [2.75, 3.05) is 31.5 Å². The molecule has 0 atom stereocenters. The molecule has 0 radical (unpaired) electrons. The molecule has 3 amide bonds. The summed E-state index contributed by atoms with van der Waals surface area (Å²) >= 11 is 0. The number of anilines is 1. The Morgan fingerprint density at radius 1 is 0.816 bits per heavy atom. The predicted molar refractivity (Wildman–Crippen MR) is 146 cm³/mol. The number of benzene rings is 3. The molecule has 0 aliphatic carbocycles. The summed E-state index contributed by atoms with van der Waals surface area (Å²) in [6.45, 7) is 9.09. The van der Waals surface area contributed by atoms with Gasteiger partial charge in [0.05, 0.1) is 0 Å². The van der Waals surface area contributed by atoms with E-state index in [9.17, 15) is 19.5 Å². The Bertz CT molecular complexity index is 1340. The second-order valence-electron chi connectivity index (χ2n) is 10.4. The number of amides is 3. The first kappa shape index (κ1) is 26.7. The number of carbonyl (C=O) groups is 3. The second-order valence-corrected chi connectivity index (χ2v) is 10.4. The third-order valence-electron chi connectivity index (χ3n) is 6.14. The van der Waals surface area contributed by atoms with E-state index in [4.69, 9.17) is 4.74 Å². The fourth-order valence-corrected chi connectivity index (χ4v) is 4.24. The van der Waals surface area contributed by atoms with Crippen molar-refractivity contribution in [1.82, 2.24) is 9.80 Å². The monoisotopic (exact) mass is 515 g/mol. The molecule has 8 nitrogen and oxygen atoms in total. The quantitative estimate of drug-likeness (QED) is 0.490. The van der Waals surface area contributed by atoms with E-state index in [1.54, 1.807) is 46.2 Å². The zero-order valence-electron chi connectivity index (χ0n) is 22.2. The number of hydrogen-bond donors (Lipinski definition) is 2. The van der Waals surface area contributed by atoms with Crippen LogP contribution in [0.1, 0.15) is 47.1 Å². The van der Waals surface area contributed by atoms with E-state index < -0.39 is 5.60 Å². The zero-order chi connectivity index (χ0) is 27.4. The van der Waals surface area contributed by atoms with Crippen LogP contribution in [0.25, 0.3) is 11.1 Å². The van der Waals surface area contributed by atoms with Crippen LogP contribution in [-0.2, 0) is 4.74 Å². The fraction of sp³-hybridized carbons (Fsp3) is 0.300. The van der Waals surface area contributed by atoms with E-state index in [0.29, 0.717) is 48.6 Å². The first-order valence-electron chi connectivity index (χ1n) is 12.6. The molecule has 198 valence electrons. The van der Waals surface area contributed by atoms with Crippen LogP contribution in [0, 0.1) is 6.92 Å². The summed E-state index contributed by atoms with van der Waals surface area (Å²) in [6.07, 6.45) is -0.369. The number of nitrogens with one attached hydrogen (secondary N) is 1. The lowest BCUT2D eigenvalue weighted by Crippen LogP contribution is -2.51. The topological polar surface area (TPSA) is 99.2 Å². The van der Waals surface area contributed by atoms with Gasteiger partial charge in [0.1, 0.15) is 11.4 Å². The average molecular weight is 516 g/mol. The Morgan fingerprint density at radius 3 is 2.11 bits per heavy atom. The van der Waals surface area contributed by atoms with Crippen LogP contribution in [0.15, 0.2) is 66.7 Å². The van der Waals surface area contributed by atoms with Crippen LogP contribution in [0.3, 0.4) is 0 Å². The van der Waals surface area contributed by atoms with Crippen LogP contribution in [-0.4, -0.2) is 64.6 Å². The van der Waals surface area contributed by atoms with Crippen molar-refractivity contribution in [2.24, 2.45) is 0 Å². The van der Waals surface area contributed by atoms with Crippen LogP contribution >= 0.6 is 0 Å². The van der Waals surface area contributed by atoms with Gasteiger partial charge in [0.15, 0.2) is 0 Å². The van der Waals surface area contributed by atoms with Gasteiger partial charge in [-0.15, -0.1) is 0 Å². The van der Waals surface area contributed by atoms with E-state index in [1.165, 1.54) is 6.07 Å². The normalized spacial score (nSPS) is 13.7. The minimum atomic E-state index is -0.563. The molecule has 0 aromatic heterocycles. The van der Waals surface area contributed by atoms with E-state index in [-0.39, 0.29) is 23.7 Å².